The molecule has 0 unspecified atom stereocenters. The number of imidazole rings is 1. The van der Waals surface area contributed by atoms with Crippen molar-refractivity contribution >= 4 is 33.3 Å². The third-order valence-corrected chi connectivity index (χ3v) is 7.28. The number of aromatic amines is 2. The van der Waals surface area contributed by atoms with Crippen molar-refractivity contribution in [3.63, 3.8) is 0 Å². The summed E-state index contributed by atoms with van der Waals surface area (Å²) in [6, 6.07) is 10.7. The van der Waals surface area contributed by atoms with Gasteiger partial charge in [0, 0.05) is 41.6 Å². The van der Waals surface area contributed by atoms with Gasteiger partial charge in [-0.15, -0.1) is 0 Å². The molecule has 0 amide bonds. The monoisotopic (exact) mass is 477 g/mol. The van der Waals surface area contributed by atoms with Crippen LogP contribution in [0.25, 0.3) is 55.7 Å². The molecule has 0 aliphatic heterocycles. The molecule has 0 bridgehead atoms. The number of aromatic nitrogens is 6. The molecule has 0 radical (unpaired) electrons. The number of nitrogens with zero attached hydrogens (tertiary/aromatic N) is 4. The number of hydrogen-bond donors (Lipinski definition) is 3. The molecule has 6 aromatic rings. The predicted octanol–water partition coefficient (Wildman–Crippen LogP) is 5.79. The van der Waals surface area contributed by atoms with Crippen LogP contribution in [0.3, 0.4) is 0 Å². The van der Waals surface area contributed by atoms with E-state index in [1.807, 2.05) is 24.8 Å². The van der Waals surface area contributed by atoms with Gasteiger partial charge in [-0.2, -0.15) is 16.4 Å². The second kappa shape index (κ2) is 8.41. The summed E-state index contributed by atoms with van der Waals surface area (Å²) in [5, 5.41) is 16.5. The topological polar surface area (TPSA) is 95.2 Å². The largest absolute Gasteiger partial charge is 0.335 e. The van der Waals surface area contributed by atoms with Crippen LogP contribution in [0.1, 0.15) is 18.4 Å². The smallest absolute Gasteiger partial charge is 0.159 e. The maximum Gasteiger partial charge on any atom is 0.159 e. The van der Waals surface area contributed by atoms with E-state index in [1.165, 1.54) is 18.4 Å². The van der Waals surface area contributed by atoms with Crippen molar-refractivity contribution in [2.45, 2.75) is 19.4 Å². The molecular formula is C27H23N7S. The Balaban J connectivity index is 1.25. The molecule has 5 aromatic heterocycles. The first-order valence-corrected chi connectivity index (χ1v) is 12.8. The summed E-state index contributed by atoms with van der Waals surface area (Å²) in [5.41, 5.74) is 9.10. The Bertz CT molecular complexity index is 1640. The number of nitrogens with one attached hydrogen (secondary N) is 3. The van der Waals surface area contributed by atoms with Crippen LogP contribution in [-0.2, 0) is 6.54 Å². The van der Waals surface area contributed by atoms with Crippen LogP contribution in [0.15, 0.2) is 65.9 Å². The minimum absolute atomic E-state index is 0.726. The van der Waals surface area contributed by atoms with Gasteiger partial charge in [0.25, 0.3) is 0 Å². The predicted molar refractivity (Wildman–Crippen MR) is 140 cm³/mol. The minimum Gasteiger partial charge on any atom is -0.335 e. The Morgan fingerprint density at radius 2 is 1.89 bits per heavy atom. The molecule has 0 atom stereocenters. The van der Waals surface area contributed by atoms with E-state index in [1.54, 1.807) is 11.3 Å². The molecule has 3 N–H and O–H groups in total. The Labute approximate surface area is 205 Å². The molecule has 7 rings (SSSR count). The highest BCUT2D eigenvalue weighted by Gasteiger charge is 2.20. The normalized spacial score (nSPS) is 13.7. The zero-order chi connectivity index (χ0) is 23.2. The van der Waals surface area contributed by atoms with Gasteiger partial charge >= 0.3 is 0 Å². The molecule has 35 heavy (non-hydrogen) atoms. The molecule has 0 saturated heterocycles. The SMILES string of the molecule is c1cc(-c2cncc3[nH]c(-c4n[nH]c5ccc(-c6cncc(CNCC7CC7)c6)cc45)nc23)cs1. The number of pyridine rings is 2. The first kappa shape index (κ1) is 20.5. The van der Waals surface area contributed by atoms with Crippen LogP contribution in [0, 0.1) is 5.92 Å². The maximum atomic E-state index is 4.94. The van der Waals surface area contributed by atoms with Crippen LogP contribution in [0.2, 0.25) is 0 Å². The van der Waals surface area contributed by atoms with E-state index >= 15 is 0 Å². The summed E-state index contributed by atoms with van der Waals surface area (Å²) in [7, 11) is 0. The number of benzene rings is 1. The second-order valence-corrected chi connectivity index (χ2v) is 9.95. The number of fused-ring (bicyclic) bond motifs is 2. The Morgan fingerprint density at radius 3 is 2.77 bits per heavy atom. The zero-order valence-corrected chi connectivity index (χ0v) is 19.8. The average Bonchev–Trinajstić information content (AvgIpc) is 3.28. The fourth-order valence-electron chi connectivity index (χ4n) is 4.53. The number of hydrogen-bond acceptors (Lipinski definition) is 6. The highest BCUT2D eigenvalue weighted by atomic mass is 32.1. The molecule has 5 heterocycles. The van der Waals surface area contributed by atoms with Crippen molar-refractivity contribution in [2.24, 2.45) is 5.92 Å². The van der Waals surface area contributed by atoms with E-state index < -0.39 is 0 Å². The minimum atomic E-state index is 0.726. The van der Waals surface area contributed by atoms with Gasteiger partial charge in [-0.1, -0.05) is 6.07 Å². The highest BCUT2D eigenvalue weighted by Crippen LogP contribution is 2.33. The van der Waals surface area contributed by atoms with Crippen LogP contribution in [0.5, 0.6) is 0 Å². The standard InChI is InChI=1S/C27H23N7S/c1-2-16(1)9-28-10-17-7-20(12-29-11-17)18-3-4-23-21(8-18)26(34-33-23)27-31-24-14-30-13-22(25(24)32-27)19-5-6-35-15-19/h3-8,11-16,28H,1-2,9-10H2,(H,31,32)(H,33,34). The molecule has 1 aliphatic carbocycles. The Morgan fingerprint density at radius 1 is 0.943 bits per heavy atom. The quantitative estimate of drug-likeness (QED) is 0.270. The maximum absolute atomic E-state index is 4.94. The average molecular weight is 478 g/mol. The van der Waals surface area contributed by atoms with Crippen molar-refractivity contribution in [1.29, 1.82) is 0 Å². The highest BCUT2D eigenvalue weighted by molar-refractivity contribution is 7.08. The van der Waals surface area contributed by atoms with Crippen molar-refractivity contribution < 1.29 is 0 Å². The van der Waals surface area contributed by atoms with E-state index in [-0.39, 0.29) is 0 Å². The van der Waals surface area contributed by atoms with Gasteiger partial charge in [-0.3, -0.25) is 15.1 Å². The fourth-order valence-corrected chi connectivity index (χ4v) is 5.19. The lowest BCUT2D eigenvalue weighted by Gasteiger charge is -2.07. The molecular weight excluding hydrogens is 454 g/mol. The lowest BCUT2D eigenvalue weighted by Crippen LogP contribution is -2.16. The number of rotatable bonds is 7. The summed E-state index contributed by atoms with van der Waals surface area (Å²) in [4.78, 5) is 17.3. The van der Waals surface area contributed by atoms with Gasteiger partial charge in [-0.25, -0.2) is 4.98 Å². The van der Waals surface area contributed by atoms with Crippen molar-refractivity contribution in [1.82, 2.24) is 35.5 Å². The van der Waals surface area contributed by atoms with Gasteiger partial charge in [0.15, 0.2) is 5.82 Å². The van der Waals surface area contributed by atoms with Crippen LogP contribution in [-0.4, -0.2) is 36.7 Å². The second-order valence-electron chi connectivity index (χ2n) is 9.17. The van der Waals surface area contributed by atoms with Crippen molar-refractivity contribution in [2.75, 3.05) is 6.54 Å². The lowest BCUT2D eigenvalue weighted by molar-refractivity contribution is 0.637. The first-order chi connectivity index (χ1) is 17.3. The zero-order valence-electron chi connectivity index (χ0n) is 19.0. The van der Waals surface area contributed by atoms with Gasteiger partial charge in [-0.05, 0) is 77.0 Å². The summed E-state index contributed by atoms with van der Waals surface area (Å²) in [6.45, 7) is 1.94. The fraction of sp³-hybridized carbons (Fsp3) is 0.185. The first-order valence-electron chi connectivity index (χ1n) is 11.8. The van der Waals surface area contributed by atoms with E-state index in [9.17, 15) is 0 Å². The third kappa shape index (κ3) is 3.90. The van der Waals surface area contributed by atoms with Crippen LogP contribution >= 0.6 is 11.3 Å². The van der Waals surface area contributed by atoms with Gasteiger partial charge < -0.3 is 10.3 Å². The van der Waals surface area contributed by atoms with E-state index in [0.29, 0.717) is 0 Å². The molecule has 172 valence electrons. The van der Waals surface area contributed by atoms with E-state index in [2.05, 4.69) is 71.6 Å². The van der Waals surface area contributed by atoms with Crippen LogP contribution < -0.4 is 5.32 Å². The van der Waals surface area contributed by atoms with E-state index in [4.69, 9.17) is 4.98 Å². The molecule has 1 aliphatic rings. The number of thiophene rings is 1. The summed E-state index contributed by atoms with van der Waals surface area (Å²) >= 11 is 1.67. The summed E-state index contributed by atoms with van der Waals surface area (Å²) < 4.78 is 0. The van der Waals surface area contributed by atoms with Gasteiger partial charge in [0.2, 0.25) is 0 Å². The lowest BCUT2D eigenvalue weighted by atomic mass is 10.0. The van der Waals surface area contributed by atoms with Gasteiger partial charge in [0.1, 0.15) is 11.2 Å². The van der Waals surface area contributed by atoms with E-state index in [0.717, 1.165) is 74.7 Å². The molecule has 8 heteroatoms. The van der Waals surface area contributed by atoms with Crippen LogP contribution in [0.4, 0.5) is 0 Å². The molecule has 7 nitrogen and oxygen atoms in total. The Hall–Kier alpha value is -3.88. The third-order valence-electron chi connectivity index (χ3n) is 6.60. The van der Waals surface area contributed by atoms with Gasteiger partial charge in [0.05, 0.1) is 17.2 Å². The molecule has 0 spiro atoms. The summed E-state index contributed by atoms with van der Waals surface area (Å²) in [5.74, 6) is 1.59. The van der Waals surface area contributed by atoms with Crippen molar-refractivity contribution in [3.8, 4) is 33.8 Å². The van der Waals surface area contributed by atoms with Crippen molar-refractivity contribution in [3.05, 3.63) is 71.4 Å². The number of H-pyrrole nitrogens is 2. The summed E-state index contributed by atoms with van der Waals surface area (Å²) in [6.07, 6.45) is 10.3. The molecule has 1 fully saturated rings. The Kier molecular flexibility index (Phi) is 4.92. The molecule has 1 saturated carbocycles. The molecule has 1 aromatic carbocycles.